The van der Waals surface area contributed by atoms with Gasteiger partial charge in [0.2, 0.25) is 0 Å². The number of aromatic nitrogens is 2. The maximum atomic E-state index is 15.0. The Morgan fingerprint density at radius 2 is 1.68 bits per heavy atom. The minimum atomic E-state index is -2.20. The summed E-state index contributed by atoms with van der Waals surface area (Å²) in [6.45, 7) is 4.40. The highest BCUT2D eigenvalue weighted by Crippen LogP contribution is 2.30. The van der Waals surface area contributed by atoms with Gasteiger partial charge in [-0.15, -0.1) is 0 Å². The van der Waals surface area contributed by atoms with Crippen molar-refractivity contribution in [3.8, 4) is 0 Å². The lowest BCUT2D eigenvalue weighted by molar-refractivity contribution is -0.194. The van der Waals surface area contributed by atoms with Crippen LogP contribution in [0, 0.1) is 6.92 Å². The van der Waals surface area contributed by atoms with Crippen LogP contribution in [0.4, 0.5) is 21.7 Å². The molecule has 1 saturated heterocycles. The molecule has 224 valence electrons. The fourth-order valence-electron chi connectivity index (χ4n) is 4.23. The summed E-state index contributed by atoms with van der Waals surface area (Å²) in [5.41, 5.74) is 10.8. The molecule has 13 nitrogen and oxygen atoms in total. The molecule has 1 fully saturated rings. The second-order valence-electron chi connectivity index (χ2n) is 9.32. The maximum Gasteiger partial charge on any atom is 0.350 e. The van der Waals surface area contributed by atoms with Crippen molar-refractivity contribution in [2.24, 2.45) is 0 Å². The fourth-order valence-corrected chi connectivity index (χ4v) is 4.23. The first-order valence-electron chi connectivity index (χ1n) is 13.1. The Hall–Kier alpha value is -4.04. The molecule has 0 amide bonds. The van der Waals surface area contributed by atoms with Gasteiger partial charge in [0.25, 0.3) is 5.60 Å². The topological polar surface area (TPSA) is 187 Å². The third-order valence-corrected chi connectivity index (χ3v) is 6.30. The summed E-state index contributed by atoms with van der Waals surface area (Å²) >= 11 is 0. The first-order chi connectivity index (χ1) is 19.5. The van der Waals surface area contributed by atoms with E-state index in [1.807, 2.05) is 0 Å². The van der Waals surface area contributed by atoms with E-state index in [1.54, 1.807) is 45.0 Å². The molecule has 1 aromatic carbocycles. The highest BCUT2D eigenvalue weighted by Gasteiger charge is 2.52. The number of hydrogen-bond donors (Lipinski definition) is 3. The lowest BCUT2D eigenvalue weighted by Crippen LogP contribution is -2.54. The van der Waals surface area contributed by atoms with Gasteiger partial charge in [0.1, 0.15) is 17.7 Å². The van der Waals surface area contributed by atoms with Gasteiger partial charge in [0, 0.05) is 12.8 Å². The smallest absolute Gasteiger partial charge is 0.350 e. The number of carbonyl (C=O) groups excluding carboxylic acids is 3. The number of nitrogens with two attached hydrogens (primary N) is 2. The van der Waals surface area contributed by atoms with Crippen molar-refractivity contribution in [3.05, 3.63) is 41.2 Å². The predicted octanol–water partition coefficient (Wildman–Crippen LogP) is 1.65. The average molecular weight is 578 g/mol. The molecule has 1 aliphatic rings. The van der Waals surface area contributed by atoms with Gasteiger partial charge in [-0.1, -0.05) is 24.3 Å². The number of rotatable bonds is 13. The van der Waals surface area contributed by atoms with Crippen molar-refractivity contribution < 1.29 is 42.5 Å². The lowest BCUT2D eigenvalue weighted by Gasteiger charge is -2.30. The summed E-state index contributed by atoms with van der Waals surface area (Å²) in [6, 6.07) is 6.64. The summed E-state index contributed by atoms with van der Waals surface area (Å²) in [5.74, 6) is -1.83. The van der Waals surface area contributed by atoms with Crippen molar-refractivity contribution >= 4 is 35.2 Å². The van der Waals surface area contributed by atoms with Crippen LogP contribution in [0.3, 0.4) is 0 Å². The number of aryl methyl sites for hydroxylation is 1. The molecule has 0 radical (unpaired) electrons. The van der Waals surface area contributed by atoms with E-state index in [2.05, 4.69) is 20.0 Å². The molecule has 14 heteroatoms. The van der Waals surface area contributed by atoms with E-state index in [9.17, 15) is 18.8 Å². The molecule has 0 spiro atoms. The van der Waals surface area contributed by atoms with Crippen LogP contribution in [-0.2, 0) is 50.9 Å². The van der Waals surface area contributed by atoms with Crippen molar-refractivity contribution in [2.45, 2.75) is 64.1 Å². The number of hydrogen-bond acceptors (Lipinski definition) is 13. The Morgan fingerprint density at radius 3 is 2.27 bits per heavy atom. The molecular weight excluding hydrogens is 541 g/mol. The van der Waals surface area contributed by atoms with Crippen molar-refractivity contribution in [3.63, 3.8) is 0 Å². The number of alkyl halides is 1. The fraction of sp³-hybridized carbons (Fsp3) is 0.519. The number of methoxy groups -OCH3 is 1. The Bertz CT molecular complexity index is 1210. The number of esters is 3. The van der Waals surface area contributed by atoms with Crippen molar-refractivity contribution in [1.82, 2.24) is 9.97 Å². The van der Waals surface area contributed by atoms with Gasteiger partial charge < -0.3 is 40.5 Å². The zero-order chi connectivity index (χ0) is 30.2. The molecule has 41 heavy (non-hydrogen) atoms. The number of ether oxygens (including phenoxy) is 5. The first kappa shape index (κ1) is 31.5. The van der Waals surface area contributed by atoms with Gasteiger partial charge in [0.15, 0.2) is 17.9 Å². The van der Waals surface area contributed by atoms with E-state index < -0.39 is 42.0 Å². The number of nitrogens with one attached hydrogen (secondary N) is 1. The summed E-state index contributed by atoms with van der Waals surface area (Å²) < 4.78 is 41.8. The van der Waals surface area contributed by atoms with Gasteiger partial charge in [-0.2, -0.15) is 0 Å². The summed E-state index contributed by atoms with van der Waals surface area (Å²) in [5, 5.41) is 2.79. The second-order valence-corrected chi connectivity index (χ2v) is 9.32. The number of halogens is 1. The van der Waals surface area contributed by atoms with Crippen LogP contribution in [0.2, 0.25) is 0 Å². The second kappa shape index (κ2) is 14.0. The SMILES string of the molecule is CCOC(=O)C(Cc1ccc(CC(=O)OC)cc1)(OCC1CC(F)C(Nc2nc(C)nc(N)c2N)O1)C(=O)OCC. The summed E-state index contributed by atoms with van der Waals surface area (Å²) in [4.78, 5) is 46.2. The van der Waals surface area contributed by atoms with E-state index >= 15 is 0 Å². The van der Waals surface area contributed by atoms with Gasteiger partial charge in [-0.25, -0.2) is 23.9 Å². The molecule has 2 aromatic rings. The van der Waals surface area contributed by atoms with Crippen LogP contribution >= 0.6 is 0 Å². The molecule has 5 N–H and O–H groups in total. The molecule has 0 aliphatic carbocycles. The Balaban J connectivity index is 1.80. The zero-order valence-electron chi connectivity index (χ0n) is 23.5. The van der Waals surface area contributed by atoms with E-state index in [-0.39, 0.29) is 56.4 Å². The molecular formula is C27H36FN5O8. The molecule has 3 rings (SSSR count). The van der Waals surface area contributed by atoms with Crippen molar-refractivity contribution in [2.75, 3.05) is 43.7 Å². The van der Waals surface area contributed by atoms with E-state index in [0.29, 0.717) is 17.0 Å². The molecule has 0 saturated carbocycles. The zero-order valence-corrected chi connectivity index (χ0v) is 23.5. The molecule has 0 bridgehead atoms. The largest absolute Gasteiger partial charge is 0.469 e. The predicted molar refractivity (Wildman–Crippen MR) is 145 cm³/mol. The highest BCUT2D eigenvalue weighted by atomic mass is 19.1. The standard InChI is InChI=1S/C27H36FN5O8/c1-5-38-25(35)27(26(36)39-6-2,13-17-9-7-16(8-10-17)11-20(34)37-4)40-14-18-12-19(28)24(41-18)33-23-21(29)22(30)31-15(3)32-23/h7-10,18-19,24H,5-6,11-14,29H2,1-4H3,(H3,30,31,32,33). The molecule has 1 aromatic heterocycles. The van der Waals surface area contributed by atoms with Gasteiger partial charge in [0.05, 0.1) is 39.5 Å². The number of nitrogen functional groups attached to an aromatic ring is 2. The molecule has 3 atom stereocenters. The lowest BCUT2D eigenvalue weighted by atomic mass is 9.93. The Morgan fingerprint density at radius 1 is 1.07 bits per heavy atom. The normalized spacial score (nSPS) is 18.5. The Labute approximate surface area is 237 Å². The molecule has 3 unspecified atom stereocenters. The summed E-state index contributed by atoms with van der Waals surface area (Å²) in [6.07, 6.45) is -3.80. The van der Waals surface area contributed by atoms with Gasteiger partial charge in [-0.05, 0) is 31.9 Å². The van der Waals surface area contributed by atoms with E-state index in [1.165, 1.54) is 7.11 Å². The van der Waals surface area contributed by atoms with Gasteiger partial charge >= 0.3 is 17.9 Å². The van der Waals surface area contributed by atoms with Gasteiger partial charge in [-0.3, -0.25) is 4.79 Å². The quantitative estimate of drug-likeness (QED) is 0.177. The molecule has 2 heterocycles. The van der Waals surface area contributed by atoms with Crippen LogP contribution in [0.5, 0.6) is 0 Å². The van der Waals surface area contributed by atoms with Crippen LogP contribution in [0.1, 0.15) is 37.2 Å². The third-order valence-electron chi connectivity index (χ3n) is 6.30. The number of carbonyl (C=O) groups is 3. The number of benzene rings is 1. The Kier molecular flexibility index (Phi) is 10.8. The van der Waals surface area contributed by atoms with Crippen LogP contribution in [0.25, 0.3) is 0 Å². The van der Waals surface area contributed by atoms with E-state index in [4.69, 9.17) is 30.4 Å². The van der Waals surface area contributed by atoms with Crippen LogP contribution < -0.4 is 16.8 Å². The minimum Gasteiger partial charge on any atom is -0.469 e. The number of anilines is 3. The van der Waals surface area contributed by atoms with Crippen LogP contribution in [-0.4, -0.2) is 78.9 Å². The first-order valence-corrected chi connectivity index (χ1v) is 13.1. The highest BCUT2D eigenvalue weighted by molar-refractivity contribution is 6.04. The van der Waals surface area contributed by atoms with Crippen LogP contribution in [0.15, 0.2) is 24.3 Å². The molecule has 1 aliphatic heterocycles. The minimum absolute atomic E-state index is 0.0250. The number of nitrogens with zero attached hydrogens (tertiary/aromatic N) is 2. The summed E-state index contributed by atoms with van der Waals surface area (Å²) in [7, 11) is 1.29. The third kappa shape index (κ3) is 7.79. The monoisotopic (exact) mass is 577 g/mol. The van der Waals surface area contributed by atoms with E-state index in [0.717, 1.165) is 0 Å². The van der Waals surface area contributed by atoms with Crippen molar-refractivity contribution in [1.29, 1.82) is 0 Å². The average Bonchev–Trinajstić information content (AvgIpc) is 3.29. The maximum absolute atomic E-state index is 15.0.